The summed E-state index contributed by atoms with van der Waals surface area (Å²) < 4.78 is 5.91. The van der Waals surface area contributed by atoms with E-state index in [4.69, 9.17) is 4.74 Å². The van der Waals surface area contributed by atoms with E-state index in [0.29, 0.717) is 32.0 Å². The van der Waals surface area contributed by atoms with Gasteiger partial charge in [-0.3, -0.25) is 4.79 Å². The van der Waals surface area contributed by atoms with Gasteiger partial charge in [-0.25, -0.2) is 4.79 Å². The molecule has 1 aromatic rings. The predicted molar refractivity (Wildman–Crippen MR) is 92.8 cm³/mol. The summed E-state index contributed by atoms with van der Waals surface area (Å²) >= 11 is 0. The molecule has 4 rings (SSSR count). The number of urea groups is 1. The summed E-state index contributed by atoms with van der Waals surface area (Å²) in [6.45, 7) is 2.34. The monoisotopic (exact) mass is 343 g/mol. The maximum absolute atomic E-state index is 12.4. The molecule has 6 heteroatoms. The van der Waals surface area contributed by atoms with Crippen LogP contribution in [0.25, 0.3) is 0 Å². The molecule has 2 saturated heterocycles. The molecule has 2 aliphatic heterocycles. The van der Waals surface area contributed by atoms with Crippen LogP contribution >= 0.6 is 0 Å². The Hall–Kier alpha value is -2.08. The second kappa shape index (κ2) is 7.04. The van der Waals surface area contributed by atoms with Gasteiger partial charge in [-0.1, -0.05) is 30.3 Å². The lowest BCUT2D eigenvalue weighted by Gasteiger charge is -2.32. The van der Waals surface area contributed by atoms with Crippen LogP contribution in [0.3, 0.4) is 0 Å². The summed E-state index contributed by atoms with van der Waals surface area (Å²) in [6.07, 6.45) is 2.95. The average Bonchev–Trinajstić information content (AvgIpc) is 3.42. The molecule has 0 radical (unpaired) electrons. The van der Waals surface area contributed by atoms with E-state index < -0.39 is 0 Å². The second-order valence-corrected chi connectivity index (χ2v) is 7.38. The van der Waals surface area contributed by atoms with E-state index >= 15 is 0 Å². The first kappa shape index (κ1) is 16.4. The predicted octanol–water partition coefficient (Wildman–Crippen LogP) is 1.51. The van der Waals surface area contributed by atoms with Crippen LogP contribution in [-0.4, -0.2) is 48.7 Å². The summed E-state index contributed by atoms with van der Waals surface area (Å²) in [4.78, 5) is 26.6. The number of hydrogen-bond acceptors (Lipinski definition) is 3. The van der Waals surface area contributed by atoms with Crippen LogP contribution in [0.2, 0.25) is 0 Å². The molecule has 3 amide bonds. The smallest absolute Gasteiger partial charge is 0.317 e. The molecule has 3 aliphatic rings. The number of rotatable bonds is 5. The SMILES string of the molecule is O=C(NCC1CC1)[C@H]1C[C@H]2CN(C(=O)NCc3ccccc3)C[C@@H]1O2. The highest BCUT2D eigenvalue weighted by atomic mass is 16.5. The van der Waals surface area contributed by atoms with Gasteiger partial charge in [0.1, 0.15) is 0 Å². The number of fused-ring (bicyclic) bond motifs is 2. The van der Waals surface area contributed by atoms with Crippen LogP contribution in [0.5, 0.6) is 0 Å². The molecule has 0 aromatic heterocycles. The van der Waals surface area contributed by atoms with Crippen molar-refractivity contribution >= 4 is 11.9 Å². The van der Waals surface area contributed by atoms with Gasteiger partial charge >= 0.3 is 6.03 Å². The lowest BCUT2D eigenvalue weighted by molar-refractivity contribution is -0.127. The standard InChI is InChI=1S/C19H25N3O3/c23-18(20-9-14-6-7-14)16-8-15-11-22(12-17(16)25-15)19(24)21-10-13-4-2-1-3-5-13/h1-5,14-17H,6-12H2,(H,20,23)(H,21,24)/t15-,16-,17-/m0/s1. The van der Waals surface area contributed by atoms with E-state index in [-0.39, 0.29) is 30.1 Å². The molecule has 25 heavy (non-hydrogen) atoms. The number of ether oxygens (including phenoxy) is 1. The van der Waals surface area contributed by atoms with Crippen LogP contribution in [-0.2, 0) is 16.1 Å². The van der Waals surface area contributed by atoms with Crippen LogP contribution < -0.4 is 10.6 Å². The largest absolute Gasteiger partial charge is 0.370 e. The van der Waals surface area contributed by atoms with Crippen LogP contribution in [0.4, 0.5) is 4.79 Å². The normalized spacial score (nSPS) is 27.8. The van der Waals surface area contributed by atoms with Crippen LogP contribution in [0.1, 0.15) is 24.8 Å². The van der Waals surface area contributed by atoms with Crippen molar-refractivity contribution in [2.75, 3.05) is 19.6 Å². The molecule has 2 bridgehead atoms. The van der Waals surface area contributed by atoms with Crippen molar-refractivity contribution in [2.24, 2.45) is 11.8 Å². The van der Waals surface area contributed by atoms with Gasteiger partial charge in [-0.15, -0.1) is 0 Å². The van der Waals surface area contributed by atoms with E-state index in [9.17, 15) is 9.59 Å². The first-order valence-corrected chi connectivity index (χ1v) is 9.19. The highest BCUT2D eigenvalue weighted by Gasteiger charge is 2.45. The maximum atomic E-state index is 12.4. The number of hydrogen-bond donors (Lipinski definition) is 2. The Balaban J connectivity index is 1.28. The van der Waals surface area contributed by atoms with Crippen molar-refractivity contribution in [1.29, 1.82) is 0 Å². The Morgan fingerprint density at radius 1 is 1.12 bits per heavy atom. The Bertz CT molecular complexity index is 632. The van der Waals surface area contributed by atoms with Gasteiger partial charge in [0.2, 0.25) is 5.91 Å². The number of nitrogens with one attached hydrogen (secondary N) is 2. The molecule has 0 unspecified atom stereocenters. The highest BCUT2D eigenvalue weighted by Crippen LogP contribution is 2.33. The lowest BCUT2D eigenvalue weighted by atomic mass is 9.99. The van der Waals surface area contributed by atoms with Gasteiger partial charge in [0.25, 0.3) is 0 Å². The van der Waals surface area contributed by atoms with Gasteiger partial charge in [0, 0.05) is 26.2 Å². The van der Waals surface area contributed by atoms with E-state index in [1.165, 1.54) is 12.8 Å². The molecule has 1 aliphatic carbocycles. The fourth-order valence-corrected chi connectivity index (χ4v) is 3.68. The van der Waals surface area contributed by atoms with Crippen molar-refractivity contribution in [1.82, 2.24) is 15.5 Å². The molecule has 1 aromatic carbocycles. The highest BCUT2D eigenvalue weighted by molar-refractivity contribution is 5.80. The zero-order valence-corrected chi connectivity index (χ0v) is 14.3. The number of morpholine rings is 1. The van der Waals surface area contributed by atoms with Crippen molar-refractivity contribution < 1.29 is 14.3 Å². The Labute approximate surface area is 147 Å². The molecule has 3 fully saturated rings. The third-order valence-corrected chi connectivity index (χ3v) is 5.33. The molecule has 2 heterocycles. The van der Waals surface area contributed by atoms with Gasteiger partial charge in [0.15, 0.2) is 0 Å². The van der Waals surface area contributed by atoms with Crippen LogP contribution in [0.15, 0.2) is 30.3 Å². The van der Waals surface area contributed by atoms with Crippen molar-refractivity contribution in [3.8, 4) is 0 Å². The van der Waals surface area contributed by atoms with Crippen molar-refractivity contribution in [3.63, 3.8) is 0 Å². The molecule has 0 spiro atoms. The Morgan fingerprint density at radius 3 is 2.68 bits per heavy atom. The number of amides is 3. The Morgan fingerprint density at radius 2 is 1.92 bits per heavy atom. The zero-order valence-electron chi connectivity index (χ0n) is 14.3. The molecule has 3 atom stereocenters. The number of likely N-dealkylation sites (tertiary alicyclic amines) is 1. The van der Waals surface area contributed by atoms with E-state index in [2.05, 4.69) is 10.6 Å². The Kier molecular flexibility index (Phi) is 4.61. The minimum absolute atomic E-state index is 0.0297. The average molecular weight is 343 g/mol. The van der Waals surface area contributed by atoms with Gasteiger partial charge < -0.3 is 20.3 Å². The topological polar surface area (TPSA) is 70.7 Å². The molecule has 6 nitrogen and oxygen atoms in total. The summed E-state index contributed by atoms with van der Waals surface area (Å²) in [5, 5.41) is 6.01. The number of nitrogens with zero attached hydrogens (tertiary/aromatic N) is 1. The third-order valence-electron chi connectivity index (χ3n) is 5.33. The summed E-state index contributed by atoms with van der Waals surface area (Å²) in [7, 11) is 0. The fourth-order valence-electron chi connectivity index (χ4n) is 3.68. The minimum atomic E-state index is -0.180. The molecule has 134 valence electrons. The maximum Gasteiger partial charge on any atom is 0.317 e. The number of benzene rings is 1. The summed E-state index contributed by atoms with van der Waals surface area (Å²) in [6, 6.07) is 9.77. The van der Waals surface area contributed by atoms with E-state index in [1.54, 1.807) is 4.90 Å². The van der Waals surface area contributed by atoms with Crippen molar-refractivity contribution in [3.05, 3.63) is 35.9 Å². The van der Waals surface area contributed by atoms with Gasteiger partial charge in [-0.05, 0) is 30.7 Å². The first-order valence-electron chi connectivity index (χ1n) is 9.19. The van der Waals surface area contributed by atoms with Gasteiger partial charge in [0.05, 0.1) is 18.1 Å². The lowest BCUT2D eigenvalue weighted by Crippen LogP contribution is -2.51. The number of carbonyl (C=O) groups is 2. The zero-order chi connectivity index (χ0) is 17.2. The fraction of sp³-hybridized carbons (Fsp3) is 0.579. The van der Waals surface area contributed by atoms with E-state index in [0.717, 1.165) is 12.1 Å². The molecule has 2 N–H and O–H groups in total. The number of carbonyl (C=O) groups excluding carboxylic acids is 2. The minimum Gasteiger partial charge on any atom is -0.370 e. The summed E-state index contributed by atoms with van der Waals surface area (Å²) in [5.41, 5.74) is 1.07. The van der Waals surface area contributed by atoms with Crippen LogP contribution in [0, 0.1) is 11.8 Å². The second-order valence-electron chi connectivity index (χ2n) is 7.38. The molecule has 1 saturated carbocycles. The van der Waals surface area contributed by atoms with Crippen molar-refractivity contribution in [2.45, 2.75) is 38.0 Å². The molecular formula is C19H25N3O3. The first-order chi connectivity index (χ1) is 12.2. The van der Waals surface area contributed by atoms with E-state index in [1.807, 2.05) is 30.3 Å². The molecular weight excluding hydrogens is 318 g/mol. The quantitative estimate of drug-likeness (QED) is 0.851. The summed E-state index contributed by atoms with van der Waals surface area (Å²) in [5.74, 6) is 0.632. The van der Waals surface area contributed by atoms with Gasteiger partial charge in [-0.2, -0.15) is 0 Å². The third kappa shape index (κ3) is 3.95.